The van der Waals surface area contributed by atoms with Crippen molar-refractivity contribution in [1.82, 2.24) is 8.96 Å². The van der Waals surface area contributed by atoms with Gasteiger partial charge in [0, 0.05) is 18.1 Å². The van der Waals surface area contributed by atoms with Crippen LogP contribution in [0, 0.1) is 0 Å². The first-order valence-corrected chi connectivity index (χ1v) is 8.38. The Hall–Kier alpha value is -1.35. The summed E-state index contributed by atoms with van der Waals surface area (Å²) in [6.07, 6.45) is 15.8. The van der Waals surface area contributed by atoms with Crippen LogP contribution in [0.3, 0.4) is 0 Å². The number of aromatic nitrogens is 2. The molecule has 0 amide bonds. The summed E-state index contributed by atoms with van der Waals surface area (Å²) in [4.78, 5) is 5.74. The normalized spacial score (nSPS) is 17.6. The highest BCUT2D eigenvalue weighted by Gasteiger charge is 2.27. The van der Waals surface area contributed by atoms with E-state index in [1.807, 2.05) is 18.6 Å². The van der Waals surface area contributed by atoms with Gasteiger partial charge in [-0.3, -0.25) is 0 Å². The van der Waals surface area contributed by atoms with Crippen molar-refractivity contribution in [3.05, 3.63) is 53.3 Å². The monoisotopic (exact) mass is 273 g/mol. The zero-order valence-corrected chi connectivity index (χ0v) is 12.1. The van der Waals surface area contributed by atoms with Crippen molar-refractivity contribution in [2.24, 2.45) is 0 Å². The molecule has 19 heavy (non-hydrogen) atoms. The number of rotatable bonds is 4. The van der Waals surface area contributed by atoms with E-state index in [1.165, 1.54) is 32.1 Å². The van der Waals surface area contributed by atoms with Gasteiger partial charge in [-0.15, -0.1) is 10.6 Å². The minimum atomic E-state index is 0.0530. The minimum absolute atomic E-state index is 0.0530. The van der Waals surface area contributed by atoms with E-state index in [9.17, 15) is 0 Å². The number of hydrogen-bond donors (Lipinski definition) is 0. The molecule has 3 heteroatoms. The van der Waals surface area contributed by atoms with E-state index in [0.29, 0.717) is 0 Å². The molecule has 2 aromatic rings. The molecular weight excluding hydrogens is 252 g/mol. The first-order valence-electron chi connectivity index (χ1n) is 7.14. The van der Waals surface area contributed by atoms with Crippen molar-refractivity contribution in [2.75, 3.05) is 0 Å². The SMILES string of the molecule is C=CCc1c(C2CCCCC2)cc[s+]1-n1ccnc1. The lowest BCUT2D eigenvalue weighted by Crippen LogP contribution is -2.05. The zero-order valence-electron chi connectivity index (χ0n) is 11.3. The van der Waals surface area contributed by atoms with Crippen LogP contribution in [0.15, 0.2) is 42.8 Å². The summed E-state index contributed by atoms with van der Waals surface area (Å²) in [5.74, 6) is 0.779. The largest absolute Gasteiger partial charge is 0.240 e. The number of hydrogen-bond acceptors (Lipinski definition) is 1. The van der Waals surface area contributed by atoms with E-state index < -0.39 is 0 Å². The molecule has 0 aliphatic heterocycles. The Kier molecular flexibility index (Phi) is 3.83. The Labute approximate surface area is 117 Å². The maximum absolute atomic E-state index is 4.19. The van der Waals surface area contributed by atoms with Crippen LogP contribution in [-0.2, 0) is 6.42 Å². The van der Waals surface area contributed by atoms with Gasteiger partial charge in [-0.1, -0.05) is 25.3 Å². The molecule has 2 aromatic heterocycles. The van der Waals surface area contributed by atoms with Crippen LogP contribution in [0.2, 0.25) is 0 Å². The van der Waals surface area contributed by atoms with Crippen LogP contribution in [0.25, 0.3) is 0 Å². The minimum Gasteiger partial charge on any atom is -0.240 e. The van der Waals surface area contributed by atoms with Gasteiger partial charge in [0.1, 0.15) is 17.0 Å². The van der Waals surface area contributed by atoms with Crippen molar-refractivity contribution in [1.29, 1.82) is 0 Å². The van der Waals surface area contributed by atoms with Gasteiger partial charge in [-0.05, 0) is 18.8 Å². The van der Waals surface area contributed by atoms with Crippen LogP contribution >= 0.6 is 10.7 Å². The smallest absolute Gasteiger partial charge is 0.185 e. The fourth-order valence-electron chi connectivity index (χ4n) is 3.11. The number of thiophene rings is 1. The van der Waals surface area contributed by atoms with E-state index in [4.69, 9.17) is 0 Å². The van der Waals surface area contributed by atoms with Crippen molar-refractivity contribution in [3.63, 3.8) is 0 Å². The summed E-state index contributed by atoms with van der Waals surface area (Å²) in [6.45, 7) is 3.94. The Bertz CT molecular complexity index is 533. The molecule has 2 heterocycles. The lowest BCUT2D eigenvalue weighted by atomic mass is 9.84. The van der Waals surface area contributed by atoms with Crippen LogP contribution in [0.4, 0.5) is 0 Å². The predicted molar refractivity (Wildman–Crippen MR) is 81.7 cm³/mol. The molecule has 0 spiro atoms. The number of nitrogens with zero attached hydrogens (tertiary/aromatic N) is 2. The van der Waals surface area contributed by atoms with Crippen LogP contribution < -0.4 is 0 Å². The van der Waals surface area contributed by atoms with Crippen molar-refractivity contribution < 1.29 is 0 Å². The molecule has 1 atom stereocenters. The maximum Gasteiger partial charge on any atom is 0.185 e. The van der Waals surface area contributed by atoms with Gasteiger partial charge in [0.25, 0.3) is 0 Å². The first kappa shape index (κ1) is 12.7. The molecule has 1 saturated carbocycles. The van der Waals surface area contributed by atoms with Crippen LogP contribution in [0.5, 0.6) is 0 Å². The highest BCUT2D eigenvalue weighted by atomic mass is 32.2. The summed E-state index contributed by atoms with van der Waals surface area (Å²) in [7, 11) is 0.0530. The number of allylic oxidation sites excluding steroid dienone is 1. The second kappa shape index (κ2) is 5.74. The van der Waals surface area contributed by atoms with Crippen molar-refractivity contribution in [2.45, 2.75) is 44.4 Å². The van der Waals surface area contributed by atoms with Gasteiger partial charge in [0.05, 0.1) is 12.4 Å². The predicted octanol–water partition coefficient (Wildman–Crippen LogP) is 4.72. The van der Waals surface area contributed by atoms with E-state index in [1.54, 1.807) is 10.4 Å². The standard InChI is InChI=1S/C16H21N2S/c1-2-6-16-15(14-7-4-3-5-8-14)9-12-19(16)18-11-10-17-13-18/h2,9-14H,1,3-8H2/q+1. The summed E-state index contributed by atoms with van der Waals surface area (Å²) in [6, 6.07) is 2.37. The molecule has 2 nitrogen and oxygen atoms in total. The molecule has 100 valence electrons. The van der Waals surface area contributed by atoms with E-state index in [2.05, 4.69) is 33.2 Å². The second-order valence-electron chi connectivity index (χ2n) is 5.25. The Morgan fingerprint density at radius 3 is 2.89 bits per heavy atom. The van der Waals surface area contributed by atoms with Gasteiger partial charge >= 0.3 is 0 Å². The third kappa shape index (κ3) is 2.52. The average molecular weight is 273 g/mol. The molecule has 1 aliphatic rings. The van der Waals surface area contributed by atoms with E-state index in [-0.39, 0.29) is 10.7 Å². The quantitative estimate of drug-likeness (QED) is 0.582. The van der Waals surface area contributed by atoms with Gasteiger partial charge in [0.2, 0.25) is 0 Å². The van der Waals surface area contributed by atoms with Gasteiger partial charge in [-0.2, -0.15) is 0 Å². The molecule has 1 aliphatic carbocycles. The third-order valence-electron chi connectivity index (χ3n) is 4.03. The lowest BCUT2D eigenvalue weighted by molar-refractivity contribution is 0.443. The highest BCUT2D eigenvalue weighted by molar-refractivity contribution is 7.28. The fraction of sp³-hybridized carbons (Fsp3) is 0.438. The average Bonchev–Trinajstić information content (AvgIpc) is 3.09. The van der Waals surface area contributed by atoms with Crippen molar-refractivity contribution in [3.8, 4) is 0 Å². The molecule has 3 rings (SSSR count). The summed E-state index contributed by atoms with van der Waals surface area (Å²) >= 11 is 0. The van der Waals surface area contributed by atoms with E-state index in [0.717, 1.165) is 12.3 Å². The lowest BCUT2D eigenvalue weighted by Gasteiger charge is -2.20. The molecule has 1 fully saturated rings. The summed E-state index contributed by atoms with van der Waals surface area (Å²) in [5.41, 5.74) is 1.59. The summed E-state index contributed by atoms with van der Waals surface area (Å²) in [5, 5.41) is 2.35. The van der Waals surface area contributed by atoms with Gasteiger partial charge in [-0.25, -0.2) is 4.98 Å². The Balaban J connectivity index is 1.97. The van der Waals surface area contributed by atoms with E-state index >= 15 is 0 Å². The van der Waals surface area contributed by atoms with Crippen LogP contribution in [0.1, 0.15) is 48.5 Å². The molecule has 0 radical (unpaired) electrons. The molecule has 0 N–H and O–H groups in total. The highest BCUT2D eigenvalue weighted by Crippen LogP contribution is 2.40. The topological polar surface area (TPSA) is 17.8 Å². The second-order valence-corrected chi connectivity index (χ2v) is 7.06. The van der Waals surface area contributed by atoms with Crippen LogP contribution in [-0.4, -0.2) is 8.96 Å². The molecule has 0 aromatic carbocycles. The Morgan fingerprint density at radius 2 is 2.21 bits per heavy atom. The maximum atomic E-state index is 4.19. The first-order chi connectivity index (χ1) is 9.40. The molecule has 0 saturated heterocycles. The summed E-state index contributed by atoms with van der Waals surface area (Å²) < 4.78 is 2.23. The molecular formula is C16H21N2S+. The van der Waals surface area contributed by atoms with Gasteiger partial charge in [0.15, 0.2) is 10.3 Å². The molecule has 1 unspecified atom stereocenters. The van der Waals surface area contributed by atoms with Gasteiger partial charge < -0.3 is 0 Å². The van der Waals surface area contributed by atoms with Crippen molar-refractivity contribution >= 4 is 10.7 Å². The number of imidazole rings is 1. The zero-order chi connectivity index (χ0) is 13.1. The third-order valence-corrected chi connectivity index (χ3v) is 6.00. The Morgan fingerprint density at radius 1 is 1.37 bits per heavy atom. The fourth-order valence-corrected chi connectivity index (χ4v) is 5.05. The molecule has 0 bridgehead atoms.